The first kappa shape index (κ1) is 11.8. The first-order chi connectivity index (χ1) is 8.61. The molecule has 90 valence electrons. The summed E-state index contributed by atoms with van der Waals surface area (Å²) in [5, 5.41) is 19.9. The van der Waals surface area contributed by atoms with Gasteiger partial charge in [-0.05, 0) is 35.4 Å². The Bertz CT molecular complexity index is 605. The van der Waals surface area contributed by atoms with E-state index in [1.807, 2.05) is 0 Å². The van der Waals surface area contributed by atoms with E-state index in [1.165, 1.54) is 24.3 Å². The van der Waals surface area contributed by atoms with Gasteiger partial charge in [0.1, 0.15) is 5.75 Å². The molecule has 0 saturated heterocycles. The lowest BCUT2D eigenvalue weighted by atomic mass is 10.0. The smallest absolute Gasteiger partial charge is 0.279 e. The van der Waals surface area contributed by atoms with Crippen LogP contribution in [0.5, 0.6) is 5.75 Å². The van der Waals surface area contributed by atoms with Crippen molar-refractivity contribution in [3.8, 4) is 16.9 Å². The van der Waals surface area contributed by atoms with Gasteiger partial charge in [0.05, 0.1) is 10.5 Å². The van der Waals surface area contributed by atoms with Crippen LogP contribution in [0.25, 0.3) is 11.1 Å². The van der Waals surface area contributed by atoms with E-state index in [0.29, 0.717) is 11.8 Å². The summed E-state index contributed by atoms with van der Waals surface area (Å²) in [7, 11) is 0. The first-order valence-electron chi connectivity index (χ1n) is 5.15. The molecule has 0 fully saturated rings. The maximum Gasteiger partial charge on any atom is 0.279 e. The van der Waals surface area contributed by atoms with E-state index in [4.69, 9.17) is 0 Å². The molecule has 0 aliphatic heterocycles. The summed E-state index contributed by atoms with van der Waals surface area (Å²) in [6.07, 6.45) is 0.460. The third-order valence-electron chi connectivity index (χ3n) is 2.55. The second kappa shape index (κ2) is 4.67. The van der Waals surface area contributed by atoms with E-state index in [0.717, 1.165) is 5.56 Å². The quantitative estimate of drug-likeness (QED) is 0.510. The van der Waals surface area contributed by atoms with Gasteiger partial charge in [0.2, 0.25) is 0 Å². The molecule has 0 heterocycles. The SMILES string of the molecule is O=Cc1cc(-c2ccc(O)cc2)ccc1[N+](=O)[O-]. The predicted octanol–water partition coefficient (Wildman–Crippen LogP) is 2.78. The van der Waals surface area contributed by atoms with Crippen LogP contribution in [-0.4, -0.2) is 16.3 Å². The van der Waals surface area contributed by atoms with Gasteiger partial charge in [-0.2, -0.15) is 0 Å². The Morgan fingerprint density at radius 2 is 1.67 bits per heavy atom. The van der Waals surface area contributed by atoms with Crippen molar-refractivity contribution in [2.75, 3.05) is 0 Å². The Morgan fingerprint density at radius 1 is 1.06 bits per heavy atom. The van der Waals surface area contributed by atoms with E-state index < -0.39 is 4.92 Å². The van der Waals surface area contributed by atoms with Gasteiger partial charge in [-0.25, -0.2) is 0 Å². The Labute approximate surface area is 102 Å². The third-order valence-corrected chi connectivity index (χ3v) is 2.55. The predicted molar refractivity (Wildman–Crippen MR) is 65.6 cm³/mol. The van der Waals surface area contributed by atoms with Crippen molar-refractivity contribution in [3.63, 3.8) is 0 Å². The molecule has 18 heavy (non-hydrogen) atoms. The molecule has 0 aliphatic carbocycles. The molecule has 5 heteroatoms. The van der Waals surface area contributed by atoms with Crippen LogP contribution in [0.15, 0.2) is 42.5 Å². The van der Waals surface area contributed by atoms with Crippen molar-refractivity contribution in [2.45, 2.75) is 0 Å². The highest BCUT2D eigenvalue weighted by Crippen LogP contribution is 2.26. The van der Waals surface area contributed by atoms with Crippen LogP contribution in [0.4, 0.5) is 5.69 Å². The van der Waals surface area contributed by atoms with Crippen LogP contribution >= 0.6 is 0 Å². The maximum absolute atomic E-state index is 10.8. The fourth-order valence-electron chi connectivity index (χ4n) is 1.65. The van der Waals surface area contributed by atoms with Crippen molar-refractivity contribution in [2.24, 2.45) is 0 Å². The van der Waals surface area contributed by atoms with E-state index in [-0.39, 0.29) is 17.0 Å². The van der Waals surface area contributed by atoms with E-state index in [1.54, 1.807) is 18.2 Å². The van der Waals surface area contributed by atoms with E-state index >= 15 is 0 Å². The summed E-state index contributed by atoms with van der Waals surface area (Å²) in [6.45, 7) is 0. The molecule has 2 aromatic carbocycles. The minimum Gasteiger partial charge on any atom is -0.508 e. The van der Waals surface area contributed by atoms with Gasteiger partial charge in [0.15, 0.2) is 6.29 Å². The zero-order chi connectivity index (χ0) is 13.1. The second-order valence-corrected chi connectivity index (χ2v) is 3.70. The topological polar surface area (TPSA) is 80.4 Å². The largest absolute Gasteiger partial charge is 0.508 e. The number of aromatic hydroxyl groups is 1. The molecule has 0 radical (unpaired) electrons. The Hall–Kier alpha value is -2.69. The number of carbonyl (C=O) groups excluding carboxylic acids is 1. The standard InChI is InChI=1S/C13H9NO4/c15-8-11-7-10(3-6-13(11)14(17)18)9-1-4-12(16)5-2-9/h1-8,16H. The fraction of sp³-hybridized carbons (Fsp3) is 0. The Kier molecular flexibility index (Phi) is 3.05. The number of rotatable bonds is 3. The van der Waals surface area contributed by atoms with Crippen molar-refractivity contribution < 1.29 is 14.8 Å². The lowest BCUT2D eigenvalue weighted by Crippen LogP contribution is -1.94. The molecule has 0 aliphatic rings. The summed E-state index contributed by atoms with van der Waals surface area (Å²) >= 11 is 0. The summed E-state index contributed by atoms with van der Waals surface area (Å²) in [5.41, 5.74) is 1.27. The van der Waals surface area contributed by atoms with Gasteiger partial charge in [0, 0.05) is 6.07 Å². The molecule has 5 nitrogen and oxygen atoms in total. The number of hydrogen-bond donors (Lipinski definition) is 1. The fourth-order valence-corrected chi connectivity index (χ4v) is 1.65. The highest BCUT2D eigenvalue weighted by atomic mass is 16.6. The van der Waals surface area contributed by atoms with Crippen molar-refractivity contribution in [1.82, 2.24) is 0 Å². The number of nitro benzene ring substituents is 1. The molecule has 2 rings (SSSR count). The molecule has 0 atom stereocenters. The zero-order valence-corrected chi connectivity index (χ0v) is 9.24. The molecule has 0 saturated carbocycles. The molecular formula is C13H9NO4. The molecule has 0 amide bonds. The van der Waals surface area contributed by atoms with Crippen molar-refractivity contribution in [3.05, 3.63) is 58.1 Å². The lowest BCUT2D eigenvalue weighted by molar-refractivity contribution is -0.385. The monoisotopic (exact) mass is 243 g/mol. The van der Waals surface area contributed by atoms with Crippen LogP contribution < -0.4 is 0 Å². The molecule has 1 N–H and O–H groups in total. The molecule has 0 bridgehead atoms. The number of phenols is 1. The minimum atomic E-state index is -0.593. The molecule has 2 aromatic rings. The molecular weight excluding hydrogens is 234 g/mol. The average Bonchev–Trinajstić information content (AvgIpc) is 2.38. The number of nitro groups is 1. The summed E-state index contributed by atoms with van der Waals surface area (Å²) in [4.78, 5) is 20.9. The summed E-state index contributed by atoms with van der Waals surface area (Å²) in [6, 6.07) is 10.7. The zero-order valence-electron chi connectivity index (χ0n) is 9.24. The first-order valence-corrected chi connectivity index (χ1v) is 5.15. The summed E-state index contributed by atoms with van der Waals surface area (Å²) < 4.78 is 0. The van der Waals surface area contributed by atoms with Crippen molar-refractivity contribution in [1.29, 1.82) is 0 Å². The van der Waals surface area contributed by atoms with Crippen LogP contribution in [0.2, 0.25) is 0 Å². The van der Waals surface area contributed by atoms with Gasteiger partial charge in [-0.1, -0.05) is 12.1 Å². The van der Waals surface area contributed by atoms with Crippen LogP contribution in [0.1, 0.15) is 10.4 Å². The number of aldehydes is 1. The van der Waals surface area contributed by atoms with Crippen LogP contribution in [0.3, 0.4) is 0 Å². The number of carbonyl (C=O) groups is 1. The maximum atomic E-state index is 10.8. The highest BCUT2D eigenvalue weighted by molar-refractivity contribution is 5.84. The average molecular weight is 243 g/mol. The second-order valence-electron chi connectivity index (χ2n) is 3.70. The van der Waals surface area contributed by atoms with Crippen molar-refractivity contribution >= 4 is 12.0 Å². The minimum absolute atomic E-state index is 0.0329. The number of nitrogens with zero attached hydrogens (tertiary/aromatic N) is 1. The van der Waals surface area contributed by atoms with Gasteiger partial charge >= 0.3 is 0 Å². The number of benzene rings is 2. The van der Waals surface area contributed by atoms with Gasteiger partial charge in [-0.15, -0.1) is 0 Å². The summed E-state index contributed by atoms with van der Waals surface area (Å²) in [5.74, 6) is 0.135. The van der Waals surface area contributed by atoms with Crippen LogP contribution in [0, 0.1) is 10.1 Å². The van der Waals surface area contributed by atoms with Gasteiger partial charge in [0.25, 0.3) is 5.69 Å². The third kappa shape index (κ3) is 2.20. The Morgan fingerprint density at radius 3 is 2.22 bits per heavy atom. The van der Waals surface area contributed by atoms with E-state index in [9.17, 15) is 20.0 Å². The number of phenolic OH excluding ortho intramolecular Hbond substituents is 1. The molecule has 0 aromatic heterocycles. The lowest BCUT2D eigenvalue weighted by Gasteiger charge is -2.03. The van der Waals surface area contributed by atoms with Gasteiger partial charge in [-0.3, -0.25) is 14.9 Å². The molecule has 0 spiro atoms. The molecule has 0 unspecified atom stereocenters. The highest BCUT2D eigenvalue weighted by Gasteiger charge is 2.13. The normalized spacial score (nSPS) is 10.0. The Balaban J connectivity index is 2.50. The number of hydrogen-bond acceptors (Lipinski definition) is 4. The van der Waals surface area contributed by atoms with Crippen LogP contribution in [-0.2, 0) is 0 Å². The van der Waals surface area contributed by atoms with Gasteiger partial charge < -0.3 is 5.11 Å². The van der Waals surface area contributed by atoms with E-state index in [2.05, 4.69) is 0 Å².